The number of nitrogens with zero attached hydrogens (tertiary/aromatic N) is 4. The molecule has 0 radical (unpaired) electrons. The summed E-state index contributed by atoms with van der Waals surface area (Å²) in [7, 11) is 1.63. The maximum Gasteiger partial charge on any atom is 0.254 e. The first kappa shape index (κ1) is 16.4. The number of hydrogen-bond donors (Lipinski definition) is 0. The summed E-state index contributed by atoms with van der Waals surface area (Å²) < 4.78 is 6.87. The molecule has 0 aliphatic heterocycles. The number of benzene rings is 1. The van der Waals surface area contributed by atoms with Crippen LogP contribution in [0.15, 0.2) is 54.3 Å². The monoisotopic (exact) mass is 342 g/mol. The normalized spacial score (nSPS) is 10.7. The van der Waals surface area contributed by atoms with Crippen molar-refractivity contribution in [2.24, 2.45) is 0 Å². The average molecular weight is 342 g/mol. The van der Waals surface area contributed by atoms with Crippen LogP contribution in [0.4, 0.5) is 0 Å². The van der Waals surface area contributed by atoms with Crippen LogP contribution >= 0.6 is 11.3 Å². The Morgan fingerprint density at radius 3 is 2.96 bits per heavy atom. The van der Waals surface area contributed by atoms with Crippen LogP contribution in [-0.2, 0) is 11.3 Å². The number of hydrogen-bond acceptors (Lipinski definition) is 5. The zero-order valence-electron chi connectivity index (χ0n) is 13.3. The number of ether oxygens (including phenoxy) is 1. The third-order valence-corrected chi connectivity index (χ3v) is 4.29. The van der Waals surface area contributed by atoms with E-state index in [1.54, 1.807) is 29.1 Å². The van der Waals surface area contributed by atoms with Crippen molar-refractivity contribution in [1.29, 1.82) is 0 Å². The first-order chi connectivity index (χ1) is 11.8. The summed E-state index contributed by atoms with van der Waals surface area (Å²) in [6.07, 6.45) is 5.31. The van der Waals surface area contributed by atoms with Gasteiger partial charge in [0.1, 0.15) is 5.01 Å². The summed E-state index contributed by atoms with van der Waals surface area (Å²) in [6.45, 7) is 1.47. The van der Waals surface area contributed by atoms with E-state index in [1.165, 1.54) is 11.3 Å². The van der Waals surface area contributed by atoms with E-state index in [-0.39, 0.29) is 5.91 Å². The third kappa shape index (κ3) is 3.87. The lowest BCUT2D eigenvalue weighted by molar-refractivity contribution is 0.0680. The Hall–Kier alpha value is -2.51. The number of carbonyl (C=O) groups is 1. The smallest absolute Gasteiger partial charge is 0.254 e. The lowest BCUT2D eigenvalue weighted by atomic mass is 10.1. The van der Waals surface area contributed by atoms with Crippen molar-refractivity contribution >= 4 is 17.2 Å². The fourth-order valence-electron chi connectivity index (χ4n) is 2.33. The van der Waals surface area contributed by atoms with Crippen LogP contribution in [0.1, 0.15) is 15.4 Å². The quantitative estimate of drug-likeness (QED) is 0.662. The molecular formula is C17H18N4O2S. The molecule has 0 aliphatic carbocycles. The molecule has 2 aromatic heterocycles. The van der Waals surface area contributed by atoms with Gasteiger partial charge in [-0.15, -0.1) is 11.3 Å². The minimum absolute atomic E-state index is 0.0451. The molecule has 1 aromatic carbocycles. The zero-order chi connectivity index (χ0) is 16.8. The SMILES string of the molecule is COCCN(Cc1nccs1)C(=O)c1cccc(-n2cccn2)c1. The van der Waals surface area contributed by atoms with Crippen LogP contribution in [0.3, 0.4) is 0 Å². The lowest BCUT2D eigenvalue weighted by Gasteiger charge is -2.21. The Kier molecular flexibility index (Phi) is 5.35. The molecule has 3 rings (SSSR count). The van der Waals surface area contributed by atoms with E-state index < -0.39 is 0 Å². The maximum absolute atomic E-state index is 12.9. The summed E-state index contributed by atoms with van der Waals surface area (Å²) in [6, 6.07) is 9.29. The van der Waals surface area contributed by atoms with Gasteiger partial charge in [0.25, 0.3) is 5.91 Å². The Balaban J connectivity index is 1.82. The summed E-state index contributed by atoms with van der Waals surface area (Å²) in [5.41, 5.74) is 1.47. The van der Waals surface area contributed by atoms with Gasteiger partial charge in [0.05, 0.1) is 18.8 Å². The minimum atomic E-state index is -0.0451. The number of aromatic nitrogens is 3. The zero-order valence-corrected chi connectivity index (χ0v) is 14.1. The summed E-state index contributed by atoms with van der Waals surface area (Å²) >= 11 is 1.54. The van der Waals surface area contributed by atoms with Gasteiger partial charge in [0, 0.05) is 43.2 Å². The highest BCUT2D eigenvalue weighted by molar-refractivity contribution is 7.09. The molecule has 6 nitrogen and oxygen atoms in total. The Morgan fingerprint density at radius 2 is 2.25 bits per heavy atom. The van der Waals surface area contributed by atoms with Crippen molar-refractivity contribution < 1.29 is 9.53 Å². The van der Waals surface area contributed by atoms with Crippen LogP contribution in [0.2, 0.25) is 0 Å². The minimum Gasteiger partial charge on any atom is -0.383 e. The van der Waals surface area contributed by atoms with Crippen molar-refractivity contribution in [3.05, 3.63) is 64.9 Å². The van der Waals surface area contributed by atoms with E-state index in [0.717, 1.165) is 10.7 Å². The number of methoxy groups -OCH3 is 1. The van der Waals surface area contributed by atoms with Gasteiger partial charge in [-0.1, -0.05) is 6.07 Å². The van der Waals surface area contributed by atoms with Crippen molar-refractivity contribution in [1.82, 2.24) is 19.7 Å². The van der Waals surface area contributed by atoms with Gasteiger partial charge in [-0.2, -0.15) is 5.10 Å². The average Bonchev–Trinajstić information content (AvgIpc) is 3.31. The molecule has 0 bridgehead atoms. The Labute approximate surface area is 144 Å². The van der Waals surface area contributed by atoms with Crippen LogP contribution in [0.25, 0.3) is 5.69 Å². The van der Waals surface area contributed by atoms with Gasteiger partial charge in [-0.05, 0) is 24.3 Å². The van der Waals surface area contributed by atoms with Crippen LogP contribution in [0, 0.1) is 0 Å². The molecule has 1 amide bonds. The largest absolute Gasteiger partial charge is 0.383 e. The van der Waals surface area contributed by atoms with Gasteiger partial charge in [0.2, 0.25) is 0 Å². The number of thiazole rings is 1. The molecule has 0 unspecified atom stereocenters. The topological polar surface area (TPSA) is 60.2 Å². The molecule has 0 aliphatic rings. The van der Waals surface area contributed by atoms with Crippen molar-refractivity contribution in [2.45, 2.75) is 6.54 Å². The summed E-state index contributed by atoms with van der Waals surface area (Å²) in [4.78, 5) is 18.9. The highest BCUT2D eigenvalue weighted by Crippen LogP contribution is 2.15. The van der Waals surface area contributed by atoms with Gasteiger partial charge in [-0.3, -0.25) is 4.79 Å². The highest BCUT2D eigenvalue weighted by Gasteiger charge is 2.17. The molecule has 124 valence electrons. The molecular weight excluding hydrogens is 324 g/mol. The second kappa shape index (κ2) is 7.85. The summed E-state index contributed by atoms with van der Waals surface area (Å²) in [5, 5.41) is 7.02. The van der Waals surface area contributed by atoms with E-state index >= 15 is 0 Å². The first-order valence-electron chi connectivity index (χ1n) is 7.54. The molecule has 7 heteroatoms. The third-order valence-electron chi connectivity index (χ3n) is 3.52. The fourth-order valence-corrected chi connectivity index (χ4v) is 2.96. The number of rotatable bonds is 7. The Morgan fingerprint density at radius 1 is 1.33 bits per heavy atom. The molecule has 0 atom stereocenters. The van der Waals surface area contributed by atoms with E-state index in [2.05, 4.69) is 10.1 Å². The van der Waals surface area contributed by atoms with E-state index in [1.807, 2.05) is 41.9 Å². The van der Waals surface area contributed by atoms with E-state index in [9.17, 15) is 4.79 Å². The summed E-state index contributed by atoms with van der Waals surface area (Å²) in [5.74, 6) is -0.0451. The highest BCUT2D eigenvalue weighted by atomic mass is 32.1. The van der Waals surface area contributed by atoms with Gasteiger partial charge in [0.15, 0.2) is 0 Å². The molecule has 0 saturated carbocycles. The lowest BCUT2D eigenvalue weighted by Crippen LogP contribution is -2.33. The van der Waals surface area contributed by atoms with Crippen LogP contribution in [0.5, 0.6) is 0 Å². The molecule has 2 heterocycles. The second-order valence-corrected chi connectivity index (χ2v) is 6.13. The van der Waals surface area contributed by atoms with Gasteiger partial charge >= 0.3 is 0 Å². The van der Waals surface area contributed by atoms with E-state index in [0.29, 0.717) is 25.3 Å². The van der Waals surface area contributed by atoms with Gasteiger partial charge < -0.3 is 9.64 Å². The van der Waals surface area contributed by atoms with Gasteiger partial charge in [-0.25, -0.2) is 9.67 Å². The van der Waals surface area contributed by atoms with Crippen molar-refractivity contribution in [3.8, 4) is 5.69 Å². The predicted molar refractivity (Wildman–Crippen MR) is 92.3 cm³/mol. The van der Waals surface area contributed by atoms with Crippen molar-refractivity contribution in [3.63, 3.8) is 0 Å². The number of carbonyl (C=O) groups excluding carboxylic acids is 1. The molecule has 3 aromatic rings. The second-order valence-electron chi connectivity index (χ2n) is 5.15. The van der Waals surface area contributed by atoms with Crippen LogP contribution < -0.4 is 0 Å². The standard InChI is InChI=1S/C17H18N4O2S/c1-23-10-9-20(13-16-18-7-11-24-16)17(22)14-4-2-5-15(12-14)21-8-3-6-19-21/h2-8,11-12H,9-10,13H2,1H3. The Bertz CT molecular complexity index is 772. The fraction of sp³-hybridized carbons (Fsp3) is 0.235. The first-order valence-corrected chi connectivity index (χ1v) is 8.42. The number of amides is 1. The maximum atomic E-state index is 12.9. The molecule has 0 saturated heterocycles. The molecule has 0 spiro atoms. The van der Waals surface area contributed by atoms with E-state index in [4.69, 9.17) is 4.74 Å². The van der Waals surface area contributed by atoms with Crippen molar-refractivity contribution in [2.75, 3.05) is 20.3 Å². The predicted octanol–water partition coefficient (Wildman–Crippen LogP) is 2.62. The molecule has 0 fully saturated rings. The molecule has 24 heavy (non-hydrogen) atoms. The molecule has 0 N–H and O–H groups in total. The van der Waals surface area contributed by atoms with Crippen LogP contribution in [-0.4, -0.2) is 45.8 Å².